The number of hydrogen-bond acceptors (Lipinski definition) is 4. The highest BCUT2D eigenvalue weighted by Gasteiger charge is 2.26. The van der Waals surface area contributed by atoms with Gasteiger partial charge in [0, 0.05) is 44.8 Å². The molecule has 0 radical (unpaired) electrons. The predicted octanol–water partition coefficient (Wildman–Crippen LogP) is 1.03. The molecule has 2 saturated heterocycles. The maximum absolute atomic E-state index is 12.2. The molecule has 0 aromatic rings. The third-order valence-corrected chi connectivity index (χ3v) is 3.93. The second-order valence-corrected chi connectivity index (χ2v) is 6.61. The first kappa shape index (κ1) is 15.7. The lowest BCUT2D eigenvalue weighted by atomic mass is 9.97. The summed E-state index contributed by atoms with van der Waals surface area (Å²) in [5.41, 5.74) is -0.191. The minimum atomic E-state index is -0.191. The molecule has 1 N–H and O–H groups in total. The molecule has 5 nitrogen and oxygen atoms in total. The quantitative estimate of drug-likeness (QED) is 0.819. The Morgan fingerprint density at radius 2 is 2.00 bits per heavy atom. The Morgan fingerprint density at radius 3 is 2.65 bits per heavy atom. The number of carbonyl (C=O) groups is 1. The Balaban J connectivity index is 1.72. The summed E-state index contributed by atoms with van der Waals surface area (Å²) in [6, 6.07) is 0. The molecule has 20 heavy (non-hydrogen) atoms. The molecule has 0 aliphatic carbocycles. The first-order chi connectivity index (χ1) is 9.55. The lowest BCUT2D eigenvalue weighted by molar-refractivity contribution is -0.125. The Labute approximate surface area is 122 Å². The molecule has 0 spiro atoms. The van der Waals surface area contributed by atoms with Crippen LogP contribution in [-0.4, -0.2) is 62.4 Å². The Bertz CT molecular complexity index is 308. The van der Waals surface area contributed by atoms with Gasteiger partial charge in [-0.25, -0.2) is 0 Å². The minimum Gasteiger partial charge on any atom is -0.381 e. The summed E-state index contributed by atoms with van der Waals surface area (Å²) in [7, 11) is 0. The van der Waals surface area contributed by atoms with Crippen LogP contribution >= 0.6 is 0 Å². The van der Waals surface area contributed by atoms with Crippen LogP contribution in [-0.2, 0) is 14.3 Å². The van der Waals surface area contributed by atoms with Crippen LogP contribution in [0.3, 0.4) is 0 Å². The molecule has 2 aliphatic rings. The van der Waals surface area contributed by atoms with E-state index >= 15 is 0 Å². The van der Waals surface area contributed by atoms with E-state index in [0.29, 0.717) is 12.3 Å². The zero-order valence-corrected chi connectivity index (χ0v) is 12.8. The van der Waals surface area contributed by atoms with Crippen LogP contribution in [0.25, 0.3) is 0 Å². The van der Waals surface area contributed by atoms with Crippen molar-refractivity contribution < 1.29 is 14.3 Å². The second-order valence-electron chi connectivity index (χ2n) is 6.61. The van der Waals surface area contributed by atoms with E-state index in [4.69, 9.17) is 9.47 Å². The molecular weight excluding hydrogens is 256 g/mol. The van der Waals surface area contributed by atoms with Gasteiger partial charge in [-0.3, -0.25) is 9.69 Å². The maximum atomic E-state index is 12.2. The molecule has 5 heteroatoms. The van der Waals surface area contributed by atoms with Gasteiger partial charge in [-0.1, -0.05) is 0 Å². The predicted molar refractivity (Wildman–Crippen MR) is 77.6 cm³/mol. The molecule has 1 unspecified atom stereocenters. The molecule has 0 aromatic carbocycles. The number of nitrogens with one attached hydrogen (secondary N) is 1. The van der Waals surface area contributed by atoms with Crippen LogP contribution in [0.5, 0.6) is 0 Å². The van der Waals surface area contributed by atoms with Crippen molar-refractivity contribution in [3.8, 4) is 0 Å². The molecule has 0 bridgehead atoms. The molecule has 1 atom stereocenters. The van der Waals surface area contributed by atoms with Gasteiger partial charge in [0.05, 0.1) is 13.2 Å². The van der Waals surface area contributed by atoms with Crippen LogP contribution in [0.4, 0.5) is 0 Å². The normalized spacial score (nSPS) is 25.4. The van der Waals surface area contributed by atoms with Crippen LogP contribution in [0.2, 0.25) is 0 Å². The van der Waals surface area contributed by atoms with Gasteiger partial charge in [0.1, 0.15) is 0 Å². The highest BCUT2D eigenvalue weighted by atomic mass is 16.5. The zero-order valence-electron chi connectivity index (χ0n) is 12.8. The van der Waals surface area contributed by atoms with Gasteiger partial charge in [-0.2, -0.15) is 0 Å². The van der Waals surface area contributed by atoms with Crippen molar-refractivity contribution in [2.45, 2.75) is 38.6 Å². The van der Waals surface area contributed by atoms with Crippen LogP contribution in [0.1, 0.15) is 33.1 Å². The summed E-state index contributed by atoms with van der Waals surface area (Å²) in [6.45, 7) is 10.1. The smallest absolute Gasteiger partial charge is 0.220 e. The van der Waals surface area contributed by atoms with Crippen molar-refractivity contribution in [2.24, 2.45) is 5.92 Å². The number of ether oxygens (including phenoxy) is 2. The first-order valence-corrected chi connectivity index (χ1v) is 7.74. The number of amides is 1. The number of rotatable bonds is 5. The molecule has 1 amide bonds. The van der Waals surface area contributed by atoms with Crippen molar-refractivity contribution in [1.29, 1.82) is 0 Å². The SMILES string of the molecule is CC(C)(CN1CCOCC1)NC(=O)CC1CCCOC1. The second kappa shape index (κ2) is 7.38. The number of hydrogen-bond donors (Lipinski definition) is 1. The van der Waals surface area contributed by atoms with Gasteiger partial charge < -0.3 is 14.8 Å². The molecule has 0 aromatic heterocycles. The van der Waals surface area contributed by atoms with Crippen LogP contribution in [0, 0.1) is 5.92 Å². The summed E-state index contributed by atoms with van der Waals surface area (Å²) >= 11 is 0. The minimum absolute atomic E-state index is 0.152. The van der Waals surface area contributed by atoms with Gasteiger partial charge in [-0.05, 0) is 32.6 Å². The number of morpholine rings is 1. The van der Waals surface area contributed by atoms with Crippen molar-refractivity contribution >= 4 is 5.91 Å². The standard InChI is InChI=1S/C15H28N2O3/c1-15(2,12-17-5-8-19-9-6-17)16-14(18)10-13-4-3-7-20-11-13/h13H,3-12H2,1-2H3,(H,16,18). The molecule has 116 valence electrons. The van der Waals surface area contributed by atoms with E-state index in [2.05, 4.69) is 24.1 Å². The Morgan fingerprint density at radius 1 is 1.25 bits per heavy atom. The Hall–Kier alpha value is -0.650. The third kappa shape index (κ3) is 5.38. The maximum Gasteiger partial charge on any atom is 0.220 e. The van der Waals surface area contributed by atoms with Crippen molar-refractivity contribution in [2.75, 3.05) is 46.1 Å². The van der Waals surface area contributed by atoms with E-state index in [0.717, 1.165) is 58.9 Å². The van der Waals surface area contributed by atoms with Crippen LogP contribution in [0.15, 0.2) is 0 Å². The molecular formula is C15H28N2O3. The Kier molecular flexibility index (Phi) is 5.81. The molecule has 2 heterocycles. The van der Waals surface area contributed by atoms with E-state index in [1.54, 1.807) is 0 Å². The van der Waals surface area contributed by atoms with Gasteiger partial charge >= 0.3 is 0 Å². The van der Waals surface area contributed by atoms with Crippen molar-refractivity contribution in [3.05, 3.63) is 0 Å². The molecule has 2 fully saturated rings. The molecule has 0 saturated carbocycles. The average molecular weight is 284 g/mol. The van der Waals surface area contributed by atoms with E-state index in [1.165, 1.54) is 0 Å². The molecule has 2 rings (SSSR count). The first-order valence-electron chi connectivity index (χ1n) is 7.74. The van der Waals surface area contributed by atoms with E-state index in [9.17, 15) is 4.79 Å². The summed E-state index contributed by atoms with van der Waals surface area (Å²) in [6.07, 6.45) is 2.78. The van der Waals surface area contributed by atoms with Gasteiger partial charge in [0.25, 0.3) is 0 Å². The largest absolute Gasteiger partial charge is 0.381 e. The van der Waals surface area contributed by atoms with E-state index in [-0.39, 0.29) is 11.4 Å². The summed E-state index contributed by atoms with van der Waals surface area (Å²) in [5.74, 6) is 0.543. The van der Waals surface area contributed by atoms with E-state index < -0.39 is 0 Å². The number of carbonyl (C=O) groups excluding carboxylic acids is 1. The fourth-order valence-electron chi connectivity index (χ4n) is 3.02. The topological polar surface area (TPSA) is 50.8 Å². The summed E-state index contributed by atoms with van der Waals surface area (Å²) < 4.78 is 10.8. The highest BCUT2D eigenvalue weighted by molar-refractivity contribution is 5.77. The fraction of sp³-hybridized carbons (Fsp3) is 0.933. The van der Waals surface area contributed by atoms with Gasteiger partial charge in [0.2, 0.25) is 5.91 Å². The van der Waals surface area contributed by atoms with E-state index in [1.807, 2.05) is 0 Å². The lowest BCUT2D eigenvalue weighted by Gasteiger charge is -2.35. The van der Waals surface area contributed by atoms with Crippen molar-refractivity contribution in [1.82, 2.24) is 10.2 Å². The lowest BCUT2D eigenvalue weighted by Crippen LogP contribution is -2.53. The van der Waals surface area contributed by atoms with Gasteiger partial charge in [-0.15, -0.1) is 0 Å². The number of nitrogens with zero attached hydrogens (tertiary/aromatic N) is 1. The molecule has 2 aliphatic heterocycles. The zero-order chi connectivity index (χ0) is 14.4. The average Bonchev–Trinajstić information content (AvgIpc) is 2.39. The summed E-state index contributed by atoms with van der Waals surface area (Å²) in [5, 5.41) is 3.17. The van der Waals surface area contributed by atoms with Gasteiger partial charge in [0.15, 0.2) is 0 Å². The summed E-state index contributed by atoms with van der Waals surface area (Å²) in [4.78, 5) is 14.5. The van der Waals surface area contributed by atoms with Crippen molar-refractivity contribution in [3.63, 3.8) is 0 Å². The highest BCUT2D eigenvalue weighted by Crippen LogP contribution is 2.17. The monoisotopic (exact) mass is 284 g/mol. The fourth-order valence-corrected chi connectivity index (χ4v) is 3.02. The van der Waals surface area contributed by atoms with Crippen LogP contribution < -0.4 is 5.32 Å². The third-order valence-electron chi connectivity index (χ3n) is 3.93.